The van der Waals surface area contributed by atoms with Crippen molar-refractivity contribution in [3.63, 3.8) is 0 Å². The van der Waals surface area contributed by atoms with Crippen molar-refractivity contribution in [3.05, 3.63) is 53.1 Å². The maximum absolute atomic E-state index is 5.55. The van der Waals surface area contributed by atoms with E-state index >= 15 is 0 Å². The van der Waals surface area contributed by atoms with Crippen LogP contribution in [-0.2, 0) is 6.54 Å². The van der Waals surface area contributed by atoms with E-state index in [-0.39, 0.29) is 0 Å². The zero-order valence-electron chi connectivity index (χ0n) is 12.1. The Morgan fingerprint density at radius 1 is 1.11 bits per heavy atom. The lowest BCUT2D eigenvalue weighted by atomic mass is 9.96. The van der Waals surface area contributed by atoms with Gasteiger partial charge in [-0.25, -0.2) is 0 Å². The summed E-state index contributed by atoms with van der Waals surface area (Å²) in [6.07, 6.45) is 0. The summed E-state index contributed by atoms with van der Waals surface area (Å²) in [5.41, 5.74) is 6.15. The van der Waals surface area contributed by atoms with Crippen molar-refractivity contribution in [1.82, 2.24) is 5.32 Å². The van der Waals surface area contributed by atoms with E-state index in [1.54, 1.807) is 7.11 Å². The van der Waals surface area contributed by atoms with Crippen molar-refractivity contribution in [2.45, 2.75) is 20.4 Å². The predicted octanol–water partition coefficient (Wildman–Crippen LogP) is 3.70. The second-order valence-corrected chi connectivity index (χ2v) is 4.89. The predicted molar refractivity (Wildman–Crippen MR) is 80.7 cm³/mol. The second kappa shape index (κ2) is 5.89. The van der Waals surface area contributed by atoms with E-state index in [9.17, 15) is 0 Å². The van der Waals surface area contributed by atoms with Crippen LogP contribution in [0.4, 0.5) is 0 Å². The van der Waals surface area contributed by atoms with Gasteiger partial charge in [0, 0.05) is 12.1 Å². The zero-order valence-corrected chi connectivity index (χ0v) is 12.1. The number of hydrogen-bond acceptors (Lipinski definition) is 2. The second-order valence-electron chi connectivity index (χ2n) is 4.89. The molecule has 2 nitrogen and oxygen atoms in total. The van der Waals surface area contributed by atoms with Crippen LogP contribution in [0.2, 0.25) is 0 Å². The lowest BCUT2D eigenvalue weighted by Crippen LogP contribution is -2.04. The Kier molecular flexibility index (Phi) is 4.23. The Morgan fingerprint density at radius 2 is 1.89 bits per heavy atom. The lowest BCUT2D eigenvalue weighted by Gasteiger charge is -2.14. The van der Waals surface area contributed by atoms with Crippen molar-refractivity contribution in [2.75, 3.05) is 14.2 Å². The number of methoxy groups -OCH3 is 1. The fraction of sp³-hybridized carbons (Fsp3) is 0.294. The Morgan fingerprint density at radius 3 is 2.58 bits per heavy atom. The molecule has 0 saturated carbocycles. The first-order valence-electron chi connectivity index (χ1n) is 6.55. The highest BCUT2D eigenvalue weighted by Crippen LogP contribution is 2.34. The molecule has 2 aromatic rings. The smallest absolute Gasteiger partial charge is 0.127 e. The molecule has 1 N–H and O–H groups in total. The molecule has 2 rings (SSSR count). The number of benzene rings is 2. The SMILES string of the molecule is CNCc1cccc(-c2c(C)cc(C)cc2OC)c1. The van der Waals surface area contributed by atoms with Crippen molar-refractivity contribution >= 4 is 0 Å². The molecule has 2 aromatic carbocycles. The third-order valence-corrected chi connectivity index (χ3v) is 3.26. The standard InChI is InChI=1S/C17H21NO/c1-12-8-13(2)17(16(9-12)19-4)15-7-5-6-14(10-15)11-18-3/h5-10,18H,11H2,1-4H3. The van der Waals surface area contributed by atoms with Crippen LogP contribution < -0.4 is 10.1 Å². The minimum Gasteiger partial charge on any atom is -0.496 e. The molecule has 0 spiro atoms. The van der Waals surface area contributed by atoms with Gasteiger partial charge < -0.3 is 10.1 Å². The number of rotatable bonds is 4. The molecule has 0 radical (unpaired) electrons. The van der Waals surface area contributed by atoms with Gasteiger partial charge in [-0.15, -0.1) is 0 Å². The number of nitrogens with one attached hydrogen (secondary N) is 1. The monoisotopic (exact) mass is 255 g/mol. The molecule has 0 aliphatic carbocycles. The van der Waals surface area contributed by atoms with Crippen LogP contribution in [0.25, 0.3) is 11.1 Å². The van der Waals surface area contributed by atoms with Gasteiger partial charge in [0.05, 0.1) is 7.11 Å². The van der Waals surface area contributed by atoms with Crippen molar-refractivity contribution in [2.24, 2.45) is 0 Å². The molecule has 0 heterocycles. The van der Waals surface area contributed by atoms with Crippen LogP contribution in [-0.4, -0.2) is 14.2 Å². The van der Waals surface area contributed by atoms with Gasteiger partial charge in [-0.05, 0) is 55.3 Å². The summed E-state index contributed by atoms with van der Waals surface area (Å²) in [4.78, 5) is 0. The minimum atomic E-state index is 0.876. The molecule has 0 atom stereocenters. The number of hydrogen-bond donors (Lipinski definition) is 1. The minimum absolute atomic E-state index is 0.876. The first kappa shape index (κ1) is 13.6. The van der Waals surface area contributed by atoms with Crippen molar-refractivity contribution < 1.29 is 4.74 Å². The molecular formula is C17H21NO. The van der Waals surface area contributed by atoms with Gasteiger partial charge in [0.25, 0.3) is 0 Å². The summed E-state index contributed by atoms with van der Waals surface area (Å²) in [5.74, 6) is 0.944. The first-order valence-corrected chi connectivity index (χ1v) is 6.55. The molecule has 0 unspecified atom stereocenters. The molecule has 0 aliphatic rings. The van der Waals surface area contributed by atoms with E-state index in [1.165, 1.54) is 27.8 Å². The van der Waals surface area contributed by atoms with E-state index in [0.717, 1.165) is 12.3 Å². The summed E-state index contributed by atoms with van der Waals surface area (Å²) >= 11 is 0. The van der Waals surface area contributed by atoms with Gasteiger partial charge in [0.1, 0.15) is 5.75 Å². The van der Waals surface area contributed by atoms with Crippen molar-refractivity contribution in [1.29, 1.82) is 0 Å². The average Bonchev–Trinajstić information content (AvgIpc) is 2.38. The summed E-state index contributed by atoms with van der Waals surface area (Å²) < 4.78 is 5.55. The molecule has 2 heteroatoms. The Labute approximate surface area is 115 Å². The van der Waals surface area contributed by atoms with Gasteiger partial charge >= 0.3 is 0 Å². The van der Waals surface area contributed by atoms with Gasteiger partial charge in [0.2, 0.25) is 0 Å². The van der Waals surface area contributed by atoms with E-state index < -0.39 is 0 Å². The van der Waals surface area contributed by atoms with Gasteiger partial charge in [-0.1, -0.05) is 24.3 Å². The van der Waals surface area contributed by atoms with Gasteiger partial charge in [-0.2, -0.15) is 0 Å². The highest BCUT2D eigenvalue weighted by molar-refractivity contribution is 5.74. The summed E-state index contributed by atoms with van der Waals surface area (Å²) in [6.45, 7) is 5.10. The number of ether oxygens (including phenoxy) is 1. The zero-order chi connectivity index (χ0) is 13.8. The Hall–Kier alpha value is -1.80. The summed E-state index contributed by atoms with van der Waals surface area (Å²) in [7, 11) is 3.69. The third kappa shape index (κ3) is 2.96. The first-order chi connectivity index (χ1) is 9.15. The third-order valence-electron chi connectivity index (χ3n) is 3.26. The fourth-order valence-electron chi connectivity index (χ4n) is 2.50. The normalized spacial score (nSPS) is 10.5. The lowest BCUT2D eigenvalue weighted by molar-refractivity contribution is 0.416. The van der Waals surface area contributed by atoms with Crippen LogP contribution in [0.1, 0.15) is 16.7 Å². The summed E-state index contributed by atoms with van der Waals surface area (Å²) in [5, 5.41) is 3.18. The largest absolute Gasteiger partial charge is 0.496 e. The summed E-state index contributed by atoms with van der Waals surface area (Å²) in [6, 6.07) is 12.9. The Balaban J connectivity index is 2.54. The van der Waals surface area contributed by atoms with Crippen LogP contribution in [0.3, 0.4) is 0 Å². The fourth-order valence-corrected chi connectivity index (χ4v) is 2.50. The van der Waals surface area contributed by atoms with E-state index in [2.05, 4.69) is 55.6 Å². The average molecular weight is 255 g/mol. The van der Waals surface area contributed by atoms with Crippen molar-refractivity contribution in [3.8, 4) is 16.9 Å². The molecule has 100 valence electrons. The Bertz CT molecular complexity index is 575. The molecule has 0 bridgehead atoms. The molecule has 19 heavy (non-hydrogen) atoms. The maximum Gasteiger partial charge on any atom is 0.127 e. The molecular weight excluding hydrogens is 234 g/mol. The van der Waals surface area contributed by atoms with Gasteiger partial charge in [0.15, 0.2) is 0 Å². The van der Waals surface area contributed by atoms with Gasteiger partial charge in [-0.3, -0.25) is 0 Å². The van der Waals surface area contributed by atoms with Crippen LogP contribution in [0.15, 0.2) is 36.4 Å². The molecule has 0 saturated heterocycles. The van der Waals surface area contributed by atoms with E-state index in [1.807, 2.05) is 7.05 Å². The quantitative estimate of drug-likeness (QED) is 0.899. The van der Waals surface area contributed by atoms with Crippen LogP contribution in [0.5, 0.6) is 5.75 Å². The molecule has 0 amide bonds. The van der Waals surface area contributed by atoms with Crippen LogP contribution in [0, 0.1) is 13.8 Å². The van der Waals surface area contributed by atoms with E-state index in [0.29, 0.717) is 0 Å². The molecule has 0 aliphatic heterocycles. The van der Waals surface area contributed by atoms with E-state index in [4.69, 9.17) is 4.74 Å². The maximum atomic E-state index is 5.55. The highest BCUT2D eigenvalue weighted by Gasteiger charge is 2.10. The van der Waals surface area contributed by atoms with Crippen LogP contribution >= 0.6 is 0 Å². The highest BCUT2D eigenvalue weighted by atomic mass is 16.5. The molecule has 0 fully saturated rings. The topological polar surface area (TPSA) is 21.3 Å². The molecule has 0 aromatic heterocycles. The number of aryl methyl sites for hydroxylation is 2.